The van der Waals surface area contributed by atoms with E-state index in [1.165, 1.54) is 0 Å². The Kier molecular flexibility index (Phi) is 7.96. The van der Waals surface area contributed by atoms with Crippen LogP contribution in [-0.4, -0.2) is 48.8 Å². The highest BCUT2D eigenvalue weighted by atomic mass is 28.4. The predicted molar refractivity (Wildman–Crippen MR) is 157 cm³/mol. The summed E-state index contributed by atoms with van der Waals surface area (Å²) >= 11 is 0. The number of amides is 1. The van der Waals surface area contributed by atoms with Gasteiger partial charge >= 0.3 is 0 Å². The molecule has 0 spiro atoms. The van der Waals surface area contributed by atoms with Gasteiger partial charge in [-0.2, -0.15) is 0 Å². The van der Waals surface area contributed by atoms with Gasteiger partial charge < -0.3 is 20.0 Å². The number of carbonyl (C=O) groups is 1. The average molecular weight is 548 g/mol. The van der Waals surface area contributed by atoms with Crippen LogP contribution in [0.25, 0.3) is 0 Å². The number of rotatable bonds is 6. The number of aliphatic hydroxyl groups excluding tert-OH is 1. The van der Waals surface area contributed by atoms with Gasteiger partial charge in [0.1, 0.15) is 5.60 Å². The zero-order valence-electron chi connectivity index (χ0n) is 26.0. The van der Waals surface area contributed by atoms with Crippen molar-refractivity contribution in [3.05, 3.63) is 11.6 Å². The number of nitrogens with one attached hydrogen (secondary N) is 1. The summed E-state index contributed by atoms with van der Waals surface area (Å²) in [5.41, 5.74) is -0.105. The molecule has 0 aliphatic heterocycles. The minimum Gasteiger partial charge on any atom is -0.414 e. The fraction of sp³-hybridized carbons (Fsp3) is 0.906. The first-order chi connectivity index (χ1) is 17.4. The second kappa shape index (κ2) is 9.99. The van der Waals surface area contributed by atoms with Gasteiger partial charge in [0.15, 0.2) is 8.32 Å². The lowest BCUT2D eigenvalue weighted by Crippen LogP contribution is -2.62. The summed E-state index contributed by atoms with van der Waals surface area (Å²) in [4.78, 5) is 13.1. The molecular weight excluding hydrogens is 490 g/mol. The minimum atomic E-state index is -1.81. The van der Waals surface area contributed by atoms with Crippen LogP contribution in [0.15, 0.2) is 11.6 Å². The first-order valence-electron chi connectivity index (χ1n) is 15.4. The number of hydrogen-bond donors (Lipinski definition) is 3. The Labute approximate surface area is 233 Å². The van der Waals surface area contributed by atoms with Gasteiger partial charge in [-0.3, -0.25) is 4.79 Å². The Morgan fingerprint density at radius 2 is 1.82 bits per heavy atom. The molecule has 3 saturated carbocycles. The summed E-state index contributed by atoms with van der Waals surface area (Å²) in [5.74, 6) is 0.791. The van der Waals surface area contributed by atoms with Crippen LogP contribution in [0.5, 0.6) is 0 Å². The van der Waals surface area contributed by atoms with E-state index in [0.29, 0.717) is 36.8 Å². The molecule has 3 N–H and O–H groups in total. The molecule has 0 radical (unpaired) electrons. The van der Waals surface area contributed by atoms with E-state index in [1.54, 1.807) is 5.57 Å². The molecule has 0 aromatic heterocycles. The molecular formula is C32H57NO4Si. The molecule has 218 valence electrons. The lowest BCUT2D eigenvalue weighted by Gasteiger charge is -2.59. The highest BCUT2D eigenvalue weighted by Crippen LogP contribution is 2.68. The van der Waals surface area contributed by atoms with Gasteiger partial charge in [0.2, 0.25) is 5.91 Å². The molecule has 1 amide bonds. The van der Waals surface area contributed by atoms with Crippen LogP contribution in [0, 0.1) is 40.4 Å². The normalized spacial score (nSPS) is 42.1. The van der Waals surface area contributed by atoms with Crippen molar-refractivity contribution in [3.8, 4) is 0 Å². The number of aliphatic hydroxyl groups is 2. The molecule has 5 nitrogen and oxygen atoms in total. The lowest BCUT2D eigenvalue weighted by molar-refractivity contribution is -0.185. The Bertz CT molecular complexity index is 940. The number of hydrogen-bond acceptors (Lipinski definition) is 4. The van der Waals surface area contributed by atoms with E-state index in [2.05, 4.69) is 73.0 Å². The van der Waals surface area contributed by atoms with E-state index in [1.807, 2.05) is 6.92 Å². The summed E-state index contributed by atoms with van der Waals surface area (Å²) in [7, 11) is -1.81. The minimum absolute atomic E-state index is 0.137. The van der Waals surface area contributed by atoms with Gasteiger partial charge in [0.05, 0.1) is 12.0 Å². The molecule has 38 heavy (non-hydrogen) atoms. The van der Waals surface area contributed by atoms with Crippen LogP contribution in [0.1, 0.15) is 100 Å². The van der Waals surface area contributed by atoms with E-state index in [-0.39, 0.29) is 22.3 Å². The van der Waals surface area contributed by atoms with Crippen LogP contribution in [-0.2, 0) is 9.22 Å². The van der Waals surface area contributed by atoms with Crippen molar-refractivity contribution in [1.29, 1.82) is 0 Å². The maximum atomic E-state index is 13.1. The molecule has 4 aliphatic rings. The Hall–Kier alpha value is -0.693. The van der Waals surface area contributed by atoms with E-state index in [0.717, 1.165) is 38.5 Å². The van der Waals surface area contributed by atoms with Crippen molar-refractivity contribution in [1.82, 2.24) is 5.32 Å². The molecule has 4 rings (SSSR count). The van der Waals surface area contributed by atoms with Crippen LogP contribution in [0.3, 0.4) is 0 Å². The Morgan fingerprint density at radius 3 is 2.42 bits per heavy atom. The molecule has 0 aromatic carbocycles. The maximum absolute atomic E-state index is 13.1. The quantitative estimate of drug-likeness (QED) is 0.264. The molecule has 9 atom stereocenters. The third-order valence-electron chi connectivity index (χ3n) is 12.4. The molecule has 6 heteroatoms. The van der Waals surface area contributed by atoms with E-state index in [9.17, 15) is 15.0 Å². The molecule has 4 aliphatic carbocycles. The Morgan fingerprint density at radius 1 is 1.16 bits per heavy atom. The number of allylic oxidation sites excluding steroid dienone is 1. The number of carbonyl (C=O) groups excluding carboxylic acids is 1. The van der Waals surface area contributed by atoms with Crippen LogP contribution in [0.4, 0.5) is 0 Å². The molecule has 0 aromatic rings. The summed E-state index contributed by atoms with van der Waals surface area (Å²) < 4.78 is 6.88. The SMILES string of the molecule is CC(C)CNC(=O)[C@@H](C)[C@@]1(O)[C@@H](O)C[C@H]2[C@@H]3CC=C4C[C@@H](O[Si](C)(C)C(C)(C)C)CC[C@]4(C)[C@H]3CC[C@@]21C. The third kappa shape index (κ3) is 4.67. The lowest BCUT2D eigenvalue weighted by atomic mass is 9.46. The monoisotopic (exact) mass is 547 g/mol. The molecule has 0 heterocycles. The van der Waals surface area contributed by atoms with E-state index in [4.69, 9.17) is 4.43 Å². The smallest absolute Gasteiger partial charge is 0.225 e. The molecule has 3 fully saturated rings. The van der Waals surface area contributed by atoms with Crippen molar-refractivity contribution in [3.63, 3.8) is 0 Å². The molecule has 0 saturated heterocycles. The van der Waals surface area contributed by atoms with Crippen LogP contribution >= 0.6 is 0 Å². The maximum Gasteiger partial charge on any atom is 0.225 e. The van der Waals surface area contributed by atoms with Gasteiger partial charge in [0, 0.05) is 18.1 Å². The van der Waals surface area contributed by atoms with Crippen LogP contribution < -0.4 is 5.32 Å². The summed E-state index contributed by atoms with van der Waals surface area (Å²) in [6.07, 6.45) is 8.80. The van der Waals surface area contributed by atoms with E-state index < -0.39 is 31.4 Å². The van der Waals surface area contributed by atoms with Crippen LogP contribution in [0.2, 0.25) is 18.1 Å². The van der Waals surface area contributed by atoms with Gasteiger partial charge in [-0.1, -0.05) is 67.0 Å². The Balaban J connectivity index is 1.55. The first-order valence-corrected chi connectivity index (χ1v) is 18.3. The standard InChI is InChI=1S/C32H57NO4Si/c1-20(2)19-33-28(35)21(3)32(36)27(34)18-26-24-12-11-22-17-23(37-38(9,10)29(4,5)6)13-15-30(22,7)25(24)14-16-31(26,32)8/h11,20-21,23-27,34,36H,12-19H2,1-10H3,(H,33,35)/t21-,23+,24-,25+,26+,27+,30+,31+,32-/m1/s1. The predicted octanol–water partition coefficient (Wildman–Crippen LogP) is 6.45. The highest BCUT2D eigenvalue weighted by Gasteiger charge is 2.69. The van der Waals surface area contributed by atoms with Crippen molar-refractivity contribution >= 4 is 14.2 Å². The largest absolute Gasteiger partial charge is 0.414 e. The fourth-order valence-electron chi connectivity index (χ4n) is 8.82. The summed E-state index contributed by atoms with van der Waals surface area (Å²) in [6, 6.07) is 0. The topological polar surface area (TPSA) is 78.8 Å². The fourth-order valence-corrected chi connectivity index (χ4v) is 10.2. The number of fused-ring (bicyclic) bond motifs is 5. The third-order valence-corrected chi connectivity index (χ3v) is 16.9. The molecule has 0 bridgehead atoms. The summed E-state index contributed by atoms with van der Waals surface area (Å²) in [5, 5.41) is 26.8. The zero-order valence-corrected chi connectivity index (χ0v) is 27.0. The van der Waals surface area contributed by atoms with Crippen molar-refractivity contribution in [2.75, 3.05) is 6.54 Å². The van der Waals surface area contributed by atoms with Gasteiger partial charge in [-0.05, 0) is 92.2 Å². The second-order valence-electron chi connectivity index (χ2n) is 15.9. The van der Waals surface area contributed by atoms with Gasteiger partial charge in [-0.25, -0.2) is 0 Å². The van der Waals surface area contributed by atoms with E-state index >= 15 is 0 Å². The highest BCUT2D eigenvalue weighted by molar-refractivity contribution is 6.74. The molecule has 0 unspecified atom stereocenters. The van der Waals surface area contributed by atoms with Crippen molar-refractivity contribution in [2.24, 2.45) is 40.4 Å². The second-order valence-corrected chi connectivity index (χ2v) is 20.7. The summed E-state index contributed by atoms with van der Waals surface area (Å²) in [6.45, 7) is 22.9. The van der Waals surface area contributed by atoms with Gasteiger partial charge in [-0.15, -0.1) is 0 Å². The van der Waals surface area contributed by atoms with Crippen molar-refractivity contribution in [2.45, 2.75) is 136 Å². The van der Waals surface area contributed by atoms with Gasteiger partial charge in [0.25, 0.3) is 0 Å². The average Bonchev–Trinajstić information content (AvgIpc) is 3.02. The zero-order chi connectivity index (χ0) is 28.5. The van der Waals surface area contributed by atoms with Crippen molar-refractivity contribution < 1.29 is 19.4 Å². The first kappa shape index (κ1) is 30.3.